The van der Waals surface area contributed by atoms with E-state index in [4.69, 9.17) is 11.6 Å². The third-order valence-electron chi connectivity index (χ3n) is 3.76. The fraction of sp³-hybridized carbons (Fsp3) is 0.176. The lowest BCUT2D eigenvalue weighted by Crippen LogP contribution is -2.42. The molecule has 2 N–H and O–H groups in total. The van der Waals surface area contributed by atoms with Gasteiger partial charge in [-0.2, -0.15) is 13.2 Å². The minimum absolute atomic E-state index is 0.0110. The zero-order valence-corrected chi connectivity index (χ0v) is 14.0. The number of carbonyl (C=O) groups excluding carboxylic acids is 2. The lowest BCUT2D eigenvalue weighted by Gasteiger charge is -2.30. The molecule has 26 heavy (non-hydrogen) atoms. The molecular formula is C17H13ClF3N3O2. The molecule has 0 fully saturated rings. The summed E-state index contributed by atoms with van der Waals surface area (Å²) in [6.07, 6.45) is -4.55. The van der Waals surface area contributed by atoms with Crippen LogP contribution in [0, 0.1) is 0 Å². The molecule has 0 radical (unpaired) electrons. The molecule has 0 unspecified atom stereocenters. The molecule has 3 rings (SSSR count). The standard InChI is InChI=1S/C17H13ClF3N3O2/c18-11-6-5-10(17(19,20)21)7-13(11)23-16(26)9-24-8-15(25)22-12-3-1-2-4-14(12)24/h1-7H,8-9H2,(H,22,25)(H,23,26). The molecule has 136 valence electrons. The number of alkyl halides is 3. The molecule has 2 amide bonds. The third-order valence-corrected chi connectivity index (χ3v) is 4.09. The minimum atomic E-state index is -4.55. The first-order valence-corrected chi connectivity index (χ1v) is 7.92. The summed E-state index contributed by atoms with van der Waals surface area (Å²) in [5.74, 6) is -0.871. The number of anilines is 3. The van der Waals surface area contributed by atoms with Crippen LogP contribution in [-0.2, 0) is 15.8 Å². The summed E-state index contributed by atoms with van der Waals surface area (Å²) in [6.45, 7) is -0.252. The molecule has 9 heteroatoms. The Labute approximate surface area is 151 Å². The fourth-order valence-electron chi connectivity index (χ4n) is 2.60. The molecule has 1 aliphatic rings. The molecule has 2 aromatic carbocycles. The van der Waals surface area contributed by atoms with E-state index in [1.54, 1.807) is 24.3 Å². The maximum Gasteiger partial charge on any atom is 0.416 e. The largest absolute Gasteiger partial charge is 0.416 e. The Morgan fingerprint density at radius 3 is 2.69 bits per heavy atom. The number of benzene rings is 2. The van der Waals surface area contributed by atoms with Gasteiger partial charge in [-0.25, -0.2) is 0 Å². The average molecular weight is 384 g/mol. The van der Waals surface area contributed by atoms with Gasteiger partial charge < -0.3 is 15.5 Å². The predicted octanol–water partition coefficient (Wildman–Crippen LogP) is 3.76. The van der Waals surface area contributed by atoms with Crippen molar-refractivity contribution in [1.29, 1.82) is 0 Å². The number of para-hydroxylation sites is 2. The van der Waals surface area contributed by atoms with Crippen LogP contribution in [-0.4, -0.2) is 24.9 Å². The molecule has 1 heterocycles. The molecule has 0 saturated heterocycles. The number of nitrogens with zero attached hydrogens (tertiary/aromatic N) is 1. The molecular weight excluding hydrogens is 371 g/mol. The van der Waals surface area contributed by atoms with Crippen molar-refractivity contribution in [2.45, 2.75) is 6.18 Å². The Morgan fingerprint density at radius 2 is 1.96 bits per heavy atom. The number of hydrogen-bond acceptors (Lipinski definition) is 3. The van der Waals surface area contributed by atoms with Gasteiger partial charge in [0.25, 0.3) is 0 Å². The zero-order valence-electron chi connectivity index (χ0n) is 13.2. The molecule has 2 aromatic rings. The van der Waals surface area contributed by atoms with Crippen LogP contribution < -0.4 is 15.5 Å². The van der Waals surface area contributed by atoms with Crippen molar-refractivity contribution < 1.29 is 22.8 Å². The van der Waals surface area contributed by atoms with Gasteiger partial charge in [0.2, 0.25) is 11.8 Å². The van der Waals surface area contributed by atoms with Crippen molar-refractivity contribution in [2.24, 2.45) is 0 Å². The van der Waals surface area contributed by atoms with Crippen LogP contribution in [0.3, 0.4) is 0 Å². The van der Waals surface area contributed by atoms with E-state index in [2.05, 4.69) is 10.6 Å². The summed E-state index contributed by atoms with van der Waals surface area (Å²) in [6, 6.07) is 9.61. The monoisotopic (exact) mass is 383 g/mol. The van der Waals surface area contributed by atoms with E-state index in [-0.39, 0.29) is 29.7 Å². The van der Waals surface area contributed by atoms with E-state index in [1.807, 2.05) is 0 Å². The highest BCUT2D eigenvalue weighted by Crippen LogP contribution is 2.34. The second kappa shape index (κ2) is 6.87. The molecule has 0 spiro atoms. The Bertz CT molecular complexity index is 871. The van der Waals surface area contributed by atoms with Crippen molar-refractivity contribution in [3.63, 3.8) is 0 Å². The van der Waals surface area contributed by atoms with Crippen molar-refractivity contribution in [3.05, 3.63) is 53.1 Å². The molecule has 0 aliphatic carbocycles. The molecule has 0 saturated carbocycles. The van der Waals surface area contributed by atoms with Crippen LogP contribution in [0.15, 0.2) is 42.5 Å². The van der Waals surface area contributed by atoms with Gasteiger partial charge >= 0.3 is 6.18 Å². The molecule has 1 aliphatic heterocycles. The first-order chi connectivity index (χ1) is 12.2. The first kappa shape index (κ1) is 18.1. The maximum absolute atomic E-state index is 12.8. The van der Waals surface area contributed by atoms with Crippen LogP contribution in [0.2, 0.25) is 5.02 Å². The first-order valence-electron chi connectivity index (χ1n) is 7.54. The van der Waals surface area contributed by atoms with Gasteiger partial charge in [0.15, 0.2) is 0 Å². The van der Waals surface area contributed by atoms with Gasteiger partial charge in [0.1, 0.15) is 0 Å². The second-order valence-electron chi connectivity index (χ2n) is 5.66. The number of fused-ring (bicyclic) bond motifs is 1. The van der Waals surface area contributed by atoms with E-state index in [9.17, 15) is 22.8 Å². The molecule has 0 bridgehead atoms. The quantitative estimate of drug-likeness (QED) is 0.848. The lowest BCUT2D eigenvalue weighted by molar-refractivity contribution is -0.137. The second-order valence-corrected chi connectivity index (χ2v) is 6.07. The van der Waals surface area contributed by atoms with E-state index >= 15 is 0 Å². The topological polar surface area (TPSA) is 61.4 Å². The third kappa shape index (κ3) is 3.91. The SMILES string of the molecule is O=C(CN1CC(=O)Nc2ccccc21)Nc1cc(C(F)(F)F)ccc1Cl. The van der Waals surface area contributed by atoms with E-state index in [1.165, 1.54) is 4.90 Å². The van der Waals surface area contributed by atoms with Gasteiger partial charge in [0, 0.05) is 0 Å². The van der Waals surface area contributed by atoms with E-state index < -0.39 is 17.6 Å². The normalized spacial score (nSPS) is 13.8. The maximum atomic E-state index is 12.8. The minimum Gasteiger partial charge on any atom is -0.351 e. The van der Waals surface area contributed by atoms with Gasteiger partial charge in [-0.3, -0.25) is 9.59 Å². The Hall–Kier alpha value is -2.74. The number of carbonyl (C=O) groups is 2. The molecule has 0 aromatic heterocycles. The summed E-state index contributed by atoms with van der Waals surface area (Å²) in [7, 11) is 0. The van der Waals surface area contributed by atoms with Gasteiger partial charge in [-0.05, 0) is 30.3 Å². The summed E-state index contributed by atoms with van der Waals surface area (Å²) in [4.78, 5) is 25.6. The smallest absolute Gasteiger partial charge is 0.351 e. The fourth-order valence-corrected chi connectivity index (χ4v) is 2.77. The Balaban J connectivity index is 1.77. The lowest BCUT2D eigenvalue weighted by atomic mass is 10.2. The number of halogens is 4. The van der Waals surface area contributed by atoms with Crippen LogP contribution in [0.25, 0.3) is 0 Å². The van der Waals surface area contributed by atoms with Crippen LogP contribution in [0.1, 0.15) is 5.56 Å². The Morgan fingerprint density at radius 1 is 1.23 bits per heavy atom. The van der Waals surface area contributed by atoms with E-state index in [0.29, 0.717) is 11.4 Å². The number of rotatable bonds is 3. The van der Waals surface area contributed by atoms with Crippen molar-refractivity contribution in [1.82, 2.24) is 0 Å². The highest BCUT2D eigenvalue weighted by Gasteiger charge is 2.31. The summed E-state index contributed by atoms with van der Waals surface area (Å²) < 4.78 is 38.4. The van der Waals surface area contributed by atoms with Gasteiger partial charge in [-0.15, -0.1) is 0 Å². The van der Waals surface area contributed by atoms with Crippen molar-refractivity contribution >= 4 is 40.5 Å². The molecule has 0 atom stereocenters. The van der Waals surface area contributed by atoms with Gasteiger partial charge in [0.05, 0.1) is 40.7 Å². The highest BCUT2D eigenvalue weighted by atomic mass is 35.5. The average Bonchev–Trinajstić information content (AvgIpc) is 2.55. The highest BCUT2D eigenvalue weighted by molar-refractivity contribution is 6.33. The number of amides is 2. The van der Waals surface area contributed by atoms with E-state index in [0.717, 1.165) is 18.2 Å². The van der Waals surface area contributed by atoms with Crippen molar-refractivity contribution in [2.75, 3.05) is 28.6 Å². The number of nitrogens with one attached hydrogen (secondary N) is 2. The molecule has 5 nitrogen and oxygen atoms in total. The van der Waals surface area contributed by atoms with Crippen LogP contribution in [0.4, 0.5) is 30.2 Å². The van der Waals surface area contributed by atoms with Crippen molar-refractivity contribution in [3.8, 4) is 0 Å². The Kier molecular flexibility index (Phi) is 4.78. The zero-order chi connectivity index (χ0) is 18.9. The summed E-state index contributed by atoms with van der Waals surface area (Å²) in [5.41, 5.74) is 0.159. The van der Waals surface area contributed by atoms with Crippen LogP contribution >= 0.6 is 11.6 Å². The predicted molar refractivity (Wildman–Crippen MR) is 92.4 cm³/mol. The summed E-state index contributed by atoms with van der Waals surface area (Å²) >= 11 is 5.88. The summed E-state index contributed by atoms with van der Waals surface area (Å²) in [5, 5.41) is 5.05. The van der Waals surface area contributed by atoms with Gasteiger partial charge in [-0.1, -0.05) is 23.7 Å². The van der Waals surface area contributed by atoms with Crippen LogP contribution in [0.5, 0.6) is 0 Å². The number of hydrogen-bond donors (Lipinski definition) is 2.